The van der Waals surface area contributed by atoms with E-state index in [0.29, 0.717) is 12.5 Å². The molecule has 8 heteroatoms. The van der Waals surface area contributed by atoms with E-state index in [2.05, 4.69) is 32.2 Å². The molecule has 4 rings (SSSR count). The minimum atomic E-state index is -0.420. The molecular weight excluding hydrogens is 374 g/mol. The molecule has 0 radical (unpaired) electrons. The molecule has 0 saturated carbocycles. The van der Waals surface area contributed by atoms with Gasteiger partial charge in [-0.3, -0.25) is 0 Å². The topological polar surface area (TPSA) is 78.5 Å². The lowest BCUT2D eigenvalue weighted by Crippen LogP contribution is -2.39. The first-order chi connectivity index (χ1) is 13.7. The summed E-state index contributed by atoms with van der Waals surface area (Å²) in [6.45, 7) is 3.69. The zero-order valence-corrected chi connectivity index (χ0v) is 16.8. The van der Waals surface area contributed by atoms with E-state index in [4.69, 9.17) is 4.52 Å². The summed E-state index contributed by atoms with van der Waals surface area (Å²) < 4.78 is 4.88. The Kier molecular flexibility index (Phi) is 5.99. The van der Waals surface area contributed by atoms with Crippen molar-refractivity contribution in [1.29, 1.82) is 0 Å². The lowest BCUT2D eigenvalue weighted by molar-refractivity contribution is 0.0902. The largest absolute Gasteiger partial charge is 0.387 e. The number of hydrogen-bond donors (Lipinski definition) is 1. The molecular formula is C20H25N5O2S. The predicted molar refractivity (Wildman–Crippen MR) is 109 cm³/mol. The quantitative estimate of drug-likeness (QED) is 0.654. The average molecular weight is 400 g/mol. The van der Waals surface area contributed by atoms with E-state index < -0.39 is 6.10 Å². The van der Waals surface area contributed by atoms with Crippen LogP contribution in [0.2, 0.25) is 0 Å². The van der Waals surface area contributed by atoms with Crippen LogP contribution in [0, 0.1) is 5.92 Å². The van der Waals surface area contributed by atoms with Gasteiger partial charge in [0.05, 0.1) is 6.10 Å². The predicted octanol–water partition coefficient (Wildman–Crippen LogP) is 3.07. The van der Waals surface area contributed by atoms with Crippen molar-refractivity contribution < 1.29 is 9.63 Å². The van der Waals surface area contributed by atoms with Gasteiger partial charge in [0.1, 0.15) is 12.0 Å². The number of anilines is 1. The number of aliphatic hydroxyl groups excluding tert-OH is 1. The first kappa shape index (κ1) is 19.0. The van der Waals surface area contributed by atoms with Crippen molar-refractivity contribution in [1.82, 2.24) is 20.3 Å². The van der Waals surface area contributed by atoms with Crippen LogP contribution in [0.4, 0.5) is 5.13 Å². The molecule has 0 spiro atoms. The average Bonchev–Trinajstić information content (AvgIpc) is 3.42. The summed E-state index contributed by atoms with van der Waals surface area (Å²) in [6.07, 6.45) is 3.38. The molecule has 2 aromatic heterocycles. The number of nitrogens with zero attached hydrogens (tertiary/aromatic N) is 5. The highest BCUT2D eigenvalue weighted by Gasteiger charge is 2.23. The van der Waals surface area contributed by atoms with Crippen molar-refractivity contribution in [3.63, 3.8) is 0 Å². The third-order valence-corrected chi connectivity index (χ3v) is 6.31. The van der Waals surface area contributed by atoms with E-state index in [9.17, 15) is 5.11 Å². The Balaban J connectivity index is 1.25. The van der Waals surface area contributed by atoms with Crippen LogP contribution in [-0.2, 0) is 0 Å². The van der Waals surface area contributed by atoms with E-state index in [1.807, 2.05) is 30.3 Å². The lowest BCUT2D eigenvalue weighted by Gasteiger charge is -2.34. The van der Waals surface area contributed by atoms with Crippen LogP contribution in [0.1, 0.15) is 24.5 Å². The maximum atomic E-state index is 10.4. The van der Waals surface area contributed by atoms with Crippen LogP contribution >= 0.6 is 11.3 Å². The Morgan fingerprint density at radius 2 is 2.00 bits per heavy atom. The minimum Gasteiger partial charge on any atom is -0.387 e. The second-order valence-corrected chi connectivity index (χ2v) is 8.28. The van der Waals surface area contributed by atoms with Gasteiger partial charge in [-0.15, -0.1) is 10.2 Å². The molecule has 1 aliphatic rings. The summed E-state index contributed by atoms with van der Waals surface area (Å²) in [6, 6.07) is 11.7. The smallest absolute Gasteiger partial charge is 0.208 e. The Hall–Kier alpha value is -2.29. The van der Waals surface area contributed by atoms with E-state index in [-0.39, 0.29) is 0 Å². The number of piperidine rings is 1. The van der Waals surface area contributed by atoms with Gasteiger partial charge in [-0.1, -0.05) is 46.8 Å². The number of benzene rings is 1. The second-order valence-electron chi connectivity index (χ2n) is 7.33. The Morgan fingerprint density at radius 1 is 1.21 bits per heavy atom. The number of likely N-dealkylation sites (tertiary alicyclic amines) is 1. The van der Waals surface area contributed by atoms with Crippen LogP contribution in [0.15, 0.2) is 47.2 Å². The molecule has 7 nitrogen and oxygen atoms in total. The normalized spacial score (nSPS) is 16.9. The fourth-order valence-electron chi connectivity index (χ4n) is 3.64. The summed E-state index contributed by atoms with van der Waals surface area (Å²) >= 11 is 1.53. The minimum absolute atomic E-state index is 0.420. The van der Waals surface area contributed by atoms with Gasteiger partial charge in [0.25, 0.3) is 0 Å². The summed E-state index contributed by atoms with van der Waals surface area (Å²) in [7, 11) is 2.07. The van der Waals surface area contributed by atoms with Gasteiger partial charge in [0, 0.05) is 26.2 Å². The number of β-amino-alcohol motifs (C(OH)–C–C–N with tert-alkyl or cyclic N) is 1. The first-order valence-corrected chi connectivity index (χ1v) is 10.4. The molecule has 1 atom stereocenters. The highest BCUT2D eigenvalue weighted by Crippen LogP contribution is 2.29. The fraction of sp³-hybridized carbons (Fsp3) is 0.450. The third kappa shape index (κ3) is 4.57. The lowest BCUT2D eigenvalue weighted by atomic mass is 9.96. The zero-order valence-electron chi connectivity index (χ0n) is 15.9. The molecule has 0 amide bonds. The van der Waals surface area contributed by atoms with Crippen molar-refractivity contribution in [3.8, 4) is 10.7 Å². The van der Waals surface area contributed by atoms with E-state index in [0.717, 1.165) is 53.9 Å². The maximum Gasteiger partial charge on any atom is 0.208 e. The molecule has 1 fully saturated rings. The molecule has 148 valence electrons. The molecule has 1 saturated heterocycles. The van der Waals surface area contributed by atoms with Crippen LogP contribution < -0.4 is 4.90 Å². The number of aromatic nitrogens is 3. The Bertz CT molecular complexity index is 847. The SMILES string of the molecule is CN(CC1CCN(CC(O)c2ccccc2)CC1)c1nnc(-c2ccon2)s1. The van der Waals surface area contributed by atoms with Crippen molar-refractivity contribution in [2.45, 2.75) is 18.9 Å². The Labute approximate surface area is 168 Å². The molecule has 28 heavy (non-hydrogen) atoms. The second kappa shape index (κ2) is 8.81. The molecule has 1 N–H and O–H groups in total. The van der Waals surface area contributed by atoms with Gasteiger partial charge < -0.3 is 19.4 Å². The third-order valence-electron chi connectivity index (χ3n) is 5.25. The monoisotopic (exact) mass is 399 g/mol. The summed E-state index contributed by atoms with van der Waals surface area (Å²) in [5.41, 5.74) is 1.71. The first-order valence-electron chi connectivity index (χ1n) is 9.60. The van der Waals surface area contributed by atoms with E-state index in [1.165, 1.54) is 11.3 Å². The number of rotatable bonds is 7. The Morgan fingerprint density at radius 3 is 2.71 bits per heavy atom. The highest BCUT2D eigenvalue weighted by molar-refractivity contribution is 7.18. The van der Waals surface area contributed by atoms with Gasteiger partial charge in [-0.2, -0.15) is 0 Å². The molecule has 3 heterocycles. The van der Waals surface area contributed by atoms with Gasteiger partial charge in [-0.25, -0.2) is 0 Å². The molecule has 3 aromatic rings. The molecule has 1 aromatic carbocycles. The molecule has 1 unspecified atom stereocenters. The molecule has 1 aliphatic heterocycles. The van der Waals surface area contributed by atoms with Gasteiger partial charge in [0.15, 0.2) is 5.01 Å². The van der Waals surface area contributed by atoms with Crippen LogP contribution in [0.5, 0.6) is 0 Å². The summed E-state index contributed by atoms with van der Waals surface area (Å²) in [5, 5.41) is 24.5. The van der Waals surface area contributed by atoms with Crippen molar-refractivity contribution in [3.05, 3.63) is 48.2 Å². The van der Waals surface area contributed by atoms with Crippen LogP contribution in [0.3, 0.4) is 0 Å². The fourth-order valence-corrected chi connectivity index (χ4v) is 4.41. The van der Waals surface area contributed by atoms with E-state index in [1.54, 1.807) is 12.3 Å². The summed E-state index contributed by atoms with van der Waals surface area (Å²) in [4.78, 5) is 4.54. The van der Waals surface area contributed by atoms with Crippen molar-refractivity contribution >= 4 is 16.5 Å². The maximum absolute atomic E-state index is 10.4. The highest BCUT2D eigenvalue weighted by atomic mass is 32.1. The van der Waals surface area contributed by atoms with Crippen molar-refractivity contribution in [2.75, 3.05) is 38.1 Å². The zero-order chi connectivity index (χ0) is 19.3. The van der Waals surface area contributed by atoms with E-state index >= 15 is 0 Å². The van der Waals surface area contributed by atoms with Gasteiger partial charge in [0.2, 0.25) is 5.13 Å². The van der Waals surface area contributed by atoms with Gasteiger partial charge in [-0.05, 0) is 37.4 Å². The van der Waals surface area contributed by atoms with Crippen molar-refractivity contribution in [2.24, 2.45) is 5.92 Å². The molecule has 0 bridgehead atoms. The number of aliphatic hydroxyl groups is 1. The molecule has 0 aliphatic carbocycles. The summed E-state index contributed by atoms with van der Waals surface area (Å²) in [5.74, 6) is 0.620. The van der Waals surface area contributed by atoms with Crippen LogP contribution in [0.25, 0.3) is 10.7 Å². The number of hydrogen-bond acceptors (Lipinski definition) is 8. The van der Waals surface area contributed by atoms with Crippen LogP contribution in [-0.4, -0.2) is 58.6 Å². The van der Waals surface area contributed by atoms with Gasteiger partial charge >= 0.3 is 0 Å². The standard InChI is InChI=1S/C20H25N5O2S/c1-24(20-22-21-19(28-20)17-9-12-27-23-17)13-15-7-10-25(11-8-15)14-18(26)16-5-3-2-4-6-16/h2-6,9,12,15,18,26H,7-8,10-11,13-14H2,1H3.